The molecule has 9 heteroatoms. The zero-order valence-corrected chi connectivity index (χ0v) is 15.7. The van der Waals surface area contributed by atoms with E-state index < -0.39 is 11.2 Å². The van der Waals surface area contributed by atoms with E-state index in [1.807, 2.05) is 24.3 Å². The first-order valence-corrected chi connectivity index (χ1v) is 8.63. The van der Waals surface area contributed by atoms with Gasteiger partial charge in [-0.05, 0) is 17.7 Å². The summed E-state index contributed by atoms with van der Waals surface area (Å²) in [6.07, 6.45) is 5.32. The largest absolute Gasteiger partial charge is 0.497 e. The Balaban J connectivity index is 2.26. The van der Waals surface area contributed by atoms with Gasteiger partial charge in [0.15, 0.2) is 11.2 Å². The second-order valence-corrected chi connectivity index (χ2v) is 6.13. The maximum atomic E-state index is 13.0. The summed E-state index contributed by atoms with van der Waals surface area (Å²) in [5.74, 6) is 3.39. The van der Waals surface area contributed by atoms with Crippen molar-refractivity contribution in [2.24, 2.45) is 7.05 Å². The van der Waals surface area contributed by atoms with Crippen molar-refractivity contribution < 1.29 is 9.84 Å². The number of anilines is 1. The Bertz CT molecular complexity index is 1170. The van der Waals surface area contributed by atoms with Crippen LogP contribution < -0.4 is 21.3 Å². The standard InChI is InChI=1S/C19H21N5O4/c1-4-9-23-17(26)15-16(22(2)19(23)27)21-18(20-8-10-25)24(15)12-13-6-5-7-14(11-13)28-3/h1,5-7,11,25H,8-10,12H2,2-3H3,(H,20,21). The molecular formula is C19H21N5O4. The summed E-state index contributed by atoms with van der Waals surface area (Å²) in [5, 5.41) is 12.2. The number of nitrogens with one attached hydrogen (secondary N) is 1. The molecule has 0 spiro atoms. The molecule has 2 heterocycles. The summed E-state index contributed by atoms with van der Waals surface area (Å²) in [6.45, 7) is 0.312. The predicted molar refractivity (Wildman–Crippen MR) is 106 cm³/mol. The second kappa shape index (κ2) is 8.02. The summed E-state index contributed by atoms with van der Waals surface area (Å²) < 4.78 is 9.23. The number of hydrogen-bond donors (Lipinski definition) is 2. The number of benzene rings is 1. The lowest BCUT2D eigenvalue weighted by Crippen LogP contribution is -2.39. The Kier molecular flexibility index (Phi) is 5.52. The van der Waals surface area contributed by atoms with Gasteiger partial charge in [-0.2, -0.15) is 4.98 Å². The van der Waals surface area contributed by atoms with E-state index in [2.05, 4.69) is 16.2 Å². The van der Waals surface area contributed by atoms with Crippen molar-refractivity contribution >= 4 is 17.1 Å². The number of hydrogen-bond acceptors (Lipinski definition) is 6. The van der Waals surface area contributed by atoms with Crippen molar-refractivity contribution in [1.82, 2.24) is 18.7 Å². The zero-order chi connectivity index (χ0) is 20.3. The van der Waals surface area contributed by atoms with Gasteiger partial charge in [0.25, 0.3) is 5.56 Å². The molecule has 0 saturated heterocycles. The Morgan fingerprint density at radius 3 is 2.79 bits per heavy atom. The topological polar surface area (TPSA) is 103 Å². The van der Waals surface area contributed by atoms with Crippen LogP contribution in [0.4, 0.5) is 5.95 Å². The first-order valence-electron chi connectivity index (χ1n) is 8.63. The van der Waals surface area contributed by atoms with Crippen molar-refractivity contribution in [2.45, 2.75) is 13.1 Å². The van der Waals surface area contributed by atoms with Gasteiger partial charge in [-0.3, -0.25) is 13.9 Å². The van der Waals surface area contributed by atoms with Gasteiger partial charge in [0.05, 0.1) is 26.8 Å². The molecule has 0 saturated carbocycles. The van der Waals surface area contributed by atoms with Crippen molar-refractivity contribution in [2.75, 3.05) is 25.6 Å². The van der Waals surface area contributed by atoms with E-state index in [0.29, 0.717) is 18.2 Å². The Labute approximate surface area is 160 Å². The van der Waals surface area contributed by atoms with Gasteiger partial charge in [-0.1, -0.05) is 18.1 Å². The smallest absolute Gasteiger partial charge is 0.333 e. The highest BCUT2D eigenvalue weighted by atomic mass is 16.5. The zero-order valence-electron chi connectivity index (χ0n) is 15.7. The molecule has 3 aromatic rings. The molecule has 0 aliphatic heterocycles. The molecule has 0 atom stereocenters. The highest BCUT2D eigenvalue weighted by molar-refractivity contribution is 5.74. The fraction of sp³-hybridized carbons (Fsp3) is 0.316. The van der Waals surface area contributed by atoms with Crippen molar-refractivity contribution in [3.8, 4) is 18.1 Å². The minimum atomic E-state index is -0.532. The van der Waals surface area contributed by atoms with Crippen LogP contribution >= 0.6 is 0 Å². The quantitative estimate of drug-likeness (QED) is 0.557. The fourth-order valence-electron chi connectivity index (χ4n) is 3.01. The van der Waals surface area contributed by atoms with Crippen molar-refractivity contribution in [3.05, 3.63) is 50.7 Å². The fourth-order valence-corrected chi connectivity index (χ4v) is 3.01. The predicted octanol–water partition coefficient (Wildman–Crippen LogP) is -0.00900. The van der Waals surface area contributed by atoms with Crippen molar-refractivity contribution in [1.29, 1.82) is 0 Å². The molecule has 0 amide bonds. The maximum Gasteiger partial charge on any atom is 0.333 e. The minimum absolute atomic E-state index is 0.109. The molecule has 28 heavy (non-hydrogen) atoms. The molecule has 2 aromatic heterocycles. The van der Waals surface area contributed by atoms with E-state index in [0.717, 1.165) is 10.1 Å². The molecule has 0 bridgehead atoms. The molecule has 2 N–H and O–H groups in total. The number of rotatable bonds is 7. The molecule has 146 valence electrons. The first kappa shape index (κ1) is 19.3. The number of methoxy groups -OCH3 is 1. The van der Waals surface area contributed by atoms with Gasteiger partial charge in [0.2, 0.25) is 5.95 Å². The Morgan fingerprint density at radius 1 is 1.32 bits per heavy atom. The number of imidazole rings is 1. The van der Waals surface area contributed by atoms with Crippen LogP contribution in [0.5, 0.6) is 5.75 Å². The first-order chi connectivity index (χ1) is 13.5. The number of aromatic nitrogens is 4. The van der Waals surface area contributed by atoms with E-state index in [9.17, 15) is 9.59 Å². The molecule has 9 nitrogen and oxygen atoms in total. The number of aryl methyl sites for hydroxylation is 1. The van der Waals surface area contributed by atoms with Crippen LogP contribution in [0.1, 0.15) is 5.56 Å². The molecule has 0 unspecified atom stereocenters. The van der Waals surface area contributed by atoms with Crippen LogP contribution in [0.3, 0.4) is 0 Å². The summed E-state index contributed by atoms with van der Waals surface area (Å²) >= 11 is 0. The Hall–Kier alpha value is -3.51. The van der Waals surface area contributed by atoms with Crippen LogP contribution in [0.2, 0.25) is 0 Å². The lowest BCUT2D eigenvalue weighted by molar-refractivity contribution is 0.310. The number of terminal acetylenes is 1. The third kappa shape index (κ3) is 3.37. The number of aliphatic hydroxyl groups excluding tert-OH is 1. The van der Waals surface area contributed by atoms with Crippen LogP contribution in [-0.2, 0) is 20.1 Å². The van der Waals surface area contributed by atoms with Gasteiger partial charge in [-0.15, -0.1) is 6.42 Å². The average molecular weight is 383 g/mol. The van der Waals surface area contributed by atoms with Gasteiger partial charge in [-0.25, -0.2) is 9.36 Å². The van der Waals surface area contributed by atoms with Crippen LogP contribution in [0.15, 0.2) is 33.9 Å². The number of ether oxygens (including phenoxy) is 1. The highest BCUT2D eigenvalue weighted by Crippen LogP contribution is 2.20. The van der Waals surface area contributed by atoms with Crippen LogP contribution in [-0.4, -0.2) is 44.1 Å². The normalized spacial score (nSPS) is 10.8. The van der Waals surface area contributed by atoms with Crippen LogP contribution in [0, 0.1) is 12.3 Å². The highest BCUT2D eigenvalue weighted by Gasteiger charge is 2.20. The maximum absolute atomic E-state index is 13.0. The summed E-state index contributed by atoms with van der Waals surface area (Å²) in [6, 6.07) is 7.42. The van der Waals surface area contributed by atoms with E-state index in [-0.39, 0.29) is 30.9 Å². The van der Waals surface area contributed by atoms with Gasteiger partial charge in [0.1, 0.15) is 5.75 Å². The third-order valence-electron chi connectivity index (χ3n) is 4.35. The molecule has 0 fully saturated rings. The van der Waals surface area contributed by atoms with Gasteiger partial charge in [0, 0.05) is 13.6 Å². The van der Waals surface area contributed by atoms with Gasteiger partial charge >= 0.3 is 5.69 Å². The number of aliphatic hydroxyl groups is 1. The lowest BCUT2D eigenvalue weighted by atomic mass is 10.2. The minimum Gasteiger partial charge on any atom is -0.497 e. The monoisotopic (exact) mass is 383 g/mol. The van der Waals surface area contributed by atoms with Crippen molar-refractivity contribution in [3.63, 3.8) is 0 Å². The van der Waals surface area contributed by atoms with E-state index >= 15 is 0 Å². The molecule has 0 radical (unpaired) electrons. The molecule has 3 rings (SSSR count). The third-order valence-corrected chi connectivity index (χ3v) is 4.35. The van der Waals surface area contributed by atoms with E-state index in [1.54, 1.807) is 11.7 Å². The average Bonchev–Trinajstić information content (AvgIpc) is 3.06. The molecule has 0 aliphatic carbocycles. The summed E-state index contributed by atoms with van der Waals surface area (Å²) in [5.41, 5.74) is 0.327. The molecular weight excluding hydrogens is 362 g/mol. The molecule has 1 aromatic carbocycles. The SMILES string of the molecule is C#CCn1c(=O)c2c(nc(NCCO)n2Cc2cccc(OC)c2)n(C)c1=O. The van der Waals surface area contributed by atoms with Crippen LogP contribution in [0.25, 0.3) is 11.2 Å². The second-order valence-electron chi connectivity index (χ2n) is 6.13. The Morgan fingerprint density at radius 2 is 2.11 bits per heavy atom. The van der Waals surface area contributed by atoms with Gasteiger partial charge < -0.3 is 15.2 Å². The van der Waals surface area contributed by atoms with E-state index in [1.165, 1.54) is 11.6 Å². The summed E-state index contributed by atoms with van der Waals surface area (Å²) in [7, 11) is 3.12. The molecule has 0 aliphatic rings. The number of fused-ring (bicyclic) bond motifs is 1. The summed E-state index contributed by atoms with van der Waals surface area (Å²) in [4.78, 5) is 29.9. The lowest BCUT2D eigenvalue weighted by Gasteiger charge is -2.11. The van der Waals surface area contributed by atoms with E-state index in [4.69, 9.17) is 16.3 Å². The number of nitrogens with zero attached hydrogens (tertiary/aromatic N) is 4.